The third kappa shape index (κ3) is 4.65. The van der Waals surface area contributed by atoms with Crippen LogP contribution in [0.25, 0.3) is 0 Å². The second kappa shape index (κ2) is 6.87. The second-order valence-corrected chi connectivity index (χ2v) is 4.17. The molecule has 0 saturated heterocycles. The van der Waals surface area contributed by atoms with E-state index < -0.39 is 0 Å². The SMILES string of the molecule is Cc1ccc(SCCOCCO)cc1. The summed E-state index contributed by atoms with van der Waals surface area (Å²) in [4.78, 5) is 1.27. The van der Waals surface area contributed by atoms with Gasteiger partial charge in [-0.05, 0) is 19.1 Å². The molecule has 0 unspecified atom stereocenters. The van der Waals surface area contributed by atoms with Gasteiger partial charge in [0.1, 0.15) is 0 Å². The number of hydrogen-bond donors (Lipinski definition) is 1. The monoisotopic (exact) mass is 212 g/mol. The van der Waals surface area contributed by atoms with Crippen molar-refractivity contribution < 1.29 is 9.84 Å². The fraction of sp³-hybridized carbons (Fsp3) is 0.455. The summed E-state index contributed by atoms with van der Waals surface area (Å²) in [5.74, 6) is 0.934. The van der Waals surface area contributed by atoms with Crippen molar-refractivity contribution in [2.75, 3.05) is 25.6 Å². The van der Waals surface area contributed by atoms with E-state index in [1.54, 1.807) is 11.8 Å². The molecular weight excluding hydrogens is 196 g/mol. The minimum atomic E-state index is 0.106. The van der Waals surface area contributed by atoms with Crippen molar-refractivity contribution >= 4 is 11.8 Å². The van der Waals surface area contributed by atoms with Crippen LogP contribution in [0.5, 0.6) is 0 Å². The zero-order chi connectivity index (χ0) is 10.2. The Labute approximate surface area is 89.3 Å². The van der Waals surface area contributed by atoms with Crippen LogP contribution in [0.4, 0.5) is 0 Å². The van der Waals surface area contributed by atoms with Gasteiger partial charge in [0.05, 0.1) is 19.8 Å². The highest BCUT2D eigenvalue weighted by molar-refractivity contribution is 7.99. The first kappa shape index (κ1) is 11.6. The molecule has 1 rings (SSSR count). The first-order valence-corrected chi connectivity index (χ1v) is 5.69. The molecule has 78 valence electrons. The van der Waals surface area contributed by atoms with Gasteiger partial charge < -0.3 is 9.84 Å². The van der Waals surface area contributed by atoms with Gasteiger partial charge in [0.25, 0.3) is 0 Å². The molecule has 1 aromatic rings. The number of aryl methyl sites for hydroxylation is 1. The molecular formula is C11H16O2S. The molecule has 0 spiro atoms. The number of thioether (sulfide) groups is 1. The molecule has 1 aromatic carbocycles. The molecule has 0 aliphatic carbocycles. The van der Waals surface area contributed by atoms with Gasteiger partial charge in [-0.2, -0.15) is 0 Å². The Morgan fingerprint density at radius 1 is 1.21 bits per heavy atom. The van der Waals surface area contributed by atoms with Crippen molar-refractivity contribution in [1.82, 2.24) is 0 Å². The van der Waals surface area contributed by atoms with Crippen molar-refractivity contribution in [3.63, 3.8) is 0 Å². The third-order valence-corrected chi connectivity index (χ3v) is 2.73. The Balaban J connectivity index is 2.15. The van der Waals surface area contributed by atoms with Crippen LogP contribution < -0.4 is 0 Å². The lowest BCUT2D eigenvalue weighted by molar-refractivity contribution is 0.103. The Hall–Kier alpha value is -0.510. The van der Waals surface area contributed by atoms with E-state index >= 15 is 0 Å². The highest BCUT2D eigenvalue weighted by atomic mass is 32.2. The number of aliphatic hydroxyl groups excluding tert-OH is 1. The fourth-order valence-electron chi connectivity index (χ4n) is 1.02. The number of rotatable bonds is 6. The van der Waals surface area contributed by atoms with Crippen LogP contribution in [0.2, 0.25) is 0 Å². The molecule has 2 nitrogen and oxygen atoms in total. The average molecular weight is 212 g/mol. The minimum Gasteiger partial charge on any atom is -0.394 e. The summed E-state index contributed by atoms with van der Waals surface area (Å²) in [7, 11) is 0. The maximum Gasteiger partial charge on any atom is 0.0698 e. The quantitative estimate of drug-likeness (QED) is 0.578. The van der Waals surface area contributed by atoms with E-state index in [0.29, 0.717) is 13.2 Å². The van der Waals surface area contributed by atoms with Crippen molar-refractivity contribution in [2.45, 2.75) is 11.8 Å². The molecule has 0 aromatic heterocycles. The summed E-state index contributed by atoms with van der Waals surface area (Å²) in [6.45, 7) is 3.32. The molecule has 0 bridgehead atoms. The van der Waals surface area contributed by atoms with Gasteiger partial charge in [-0.3, -0.25) is 0 Å². The van der Waals surface area contributed by atoms with E-state index in [1.807, 2.05) is 0 Å². The summed E-state index contributed by atoms with van der Waals surface area (Å²) in [6.07, 6.45) is 0. The molecule has 0 atom stereocenters. The Bertz CT molecular complexity index is 246. The molecule has 0 radical (unpaired) electrons. The lowest BCUT2D eigenvalue weighted by atomic mass is 10.2. The normalized spacial score (nSPS) is 10.4. The van der Waals surface area contributed by atoms with Crippen LogP contribution in [0.3, 0.4) is 0 Å². The summed E-state index contributed by atoms with van der Waals surface area (Å²) in [5, 5.41) is 8.48. The zero-order valence-corrected chi connectivity index (χ0v) is 9.22. The van der Waals surface area contributed by atoms with Crippen LogP contribution in [-0.2, 0) is 4.74 Å². The van der Waals surface area contributed by atoms with Crippen LogP contribution >= 0.6 is 11.8 Å². The lowest BCUT2D eigenvalue weighted by Crippen LogP contribution is -2.02. The van der Waals surface area contributed by atoms with E-state index in [-0.39, 0.29) is 6.61 Å². The predicted molar refractivity (Wildman–Crippen MR) is 59.8 cm³/mol. The summed E-state index contributed by atoms with van der Waals surface area (Å²) in [6, 6.07) is 8.45. The van der Waals surface area contributed by atoms with Gasteiger partial charge in [0, 0.05) is 10.6 Å². The van der Waals surface area contributed by atoms with Crippen LogP contribution in [0, 0.1) is 6.92 Å². The second-order valence-electron chi connectivity index (χ2n) is 3.00. The molecule has 0 aliphatic rings. The number of benzene rings is 1. The maximum atomic E-state index is 8.48. The summed E-state index contributed by atoms with van der Waals surface area (Å²) in [5.41, 5.74) is 1.28. The predicted octanol–water partition coefficient (Wildman–Crippen LogP) is 2.10. The van der Waals surface area contributed by atoms with Gasteiger partial charge in [0.2, 0.25) is 0 Å². The Morgan fingerprint density at radius 2 is 1.93 bits per heavy atom. The number of aliphatic hydroxyl groups is 1. The van der Waals surface area contributed by atoms with Crippen LogP contribution in [-0.4, -0.2) is 30.7 Å². The maximum absolute atomic E-state index is 8.48. The Morgan fingerprint density at radius 3 is 2.57 bits per heavy atom. The number of hydrogen-bond acceptors (Lipinski definition) is 3. The number of ether oxygens (including phenoxy) is 1. The average Bonchev–Trinajstić information content (AvgIpc) is 2.21. The first-order chi connectivity index (χ1) is 6.83. The van der Waals surface area contributed by atoms with Gasteiger partial charge in [0.15, 0.2) is 0 Å². The van der Waals surface area contributed by atoms with Crippen molar-refractivity contribution in [2.24, 2.45) is 0 Å². The summed E-state index contributed by atoms with van der Waals surface area (Å²) >= 11 is 1.77. The molecule has 0 fully saturated rings. The van der Waals surface area contributed by atoms with E-state index in [4.69, 9.17) is 9.84 Å². The molecule has 1 N–H and O–H groups in total. The largest absolute Gasteiger partial charge is 0.394 e. The fourth-order valence-corrected chi connectivity index (χ4v) is 1.78. The molecule has 3 heteroatoms. The highest BCUT2D eigenvalue weighted by Gasteiger charge is 1.93. The van der Waals surface area contributed by atoms with E-state index in [0.717, 1.165) is 5.75 Å². The first-order valence-electron chi connectivity index (χ1n) is 4.71. The van der Waals surface area contributed by atoms with Gasteiger partial charge >= 0.3 is 0 Å². The van der Waals surface area contributed by atoms with Crippen molar-refractivity contribution in [1.29, 1.82) is 0 Å². The topological polar surface area (TPSA) is 29.5 Å². The highest BCUT2D eigenvalue weighted by Crippen LogP contribution is 2.17. The molecule has 14 heavy (non-hydrogen) atoms. The van der Waals surface area contributed by atoms with Gasteiger partial charge in [-0.1, -0.05) is 17.7 Å². The third-order valence-electron chi connectivity index (χ3n) is 1.75. The van der Waals surface area contributed by atoms with Crippen molar-refractivity contribution in [3.05, 3.63) is 29.8 Å². The summed E-state index contributed by atoms with van der Waals surface area (Å²) < 4.78 is 5.16. The van der Waals surface area contributed by atoms with Gasteiger partial charge in [-0.15, -0.1) is 11.8 Å². The zero-order valence-electron chi connectivity index (χ0n) is 8.40. The van der Waals surface area contributed by atoms with E-state index in [9.17, 15) is 0 Å². The smallest absolute Gasteiger partial charge is 0.0698 e. The van der Waals surface area contributed by atoms with Gasteiger partial charge in [-0.25, -0.2) is 0 Å². The molecule has 0 heterocycles. The molecule has 0 saturated carbocycles. The van der Waals surface area contributed by atoms with E-state index in [2.05, 4.69) is 31.2 Å². The standard InChI is InChI=1S/C11H16O2S/c1-10-2-4-11(5-3-10)14-9-8-13-7-6-12/h2-5,12H,6-9H2,1H3. The molecule has 0 amide bonds. The minimum absolute atomic E-state index is 0.106. The van der Waals surface area contributed by atoms with Crippen LogP contribution in [0.15, 0.2) is 29.2 Å². The van der Waals surface area contributed by atoms with Crippen molar-refractivity contribution in [3.8, 4) is 0 Å². The van der Waals surface area contributed by atoms with Crippen LogP contribution in [0.1, 0.15) is 5.56 Å². The molecule has 0 aliphatic heterocycles. The van der Waals surface area contributed by atoms with E-state index in [1.165, 1.54) is 10.5 Å². The Kier molecular flexibility index (Phi) is 5.68. The lowest BCUT2D eigenvalue weighted by Gasteiger charge is -2.02.